The fourth-order valence-electron chi connectivity index (χ4n) is 3.18. The van der Waals surface area contributed by atoms with Gasteiger partial charge in [0.2, 0.25) is 5.91 Å². The zero-order valence-corrected chi connectivity index (χ0v) is 17.1. The van der Waals surface area contributed by atoms with Gasteiger partial charge in [0.25, 0.3) is 0 Å². The molecule has 0 bridgehead atoms. The first kappa shape index (κ1) is 19.3. The third kappa shape index (κ3) is 4.19. The van der Waals surface area contributed by atoms with Gasteiger partial charge in [-0.1, -0.05) is 60.3 Å². The van der Waals surface area contributed by atoms with Crippen LogP contribution in [0.15, 0.2) is 70.2 Å². The van der Waals surface area contributed by atoms with E-state index < -0.39 is 0 Å². The number of hydrogen-bond donors (Lipinski definition) is 1. The lowest BCUT2D eigenvalue weighted by Crippen LogP contribution is -2.28. The second-order valence-corrected chi connectivity index (χ2v) is 7.62. The van der Waals surface area contributed by atoms with Gasteiger partial charge < -0.3 is 14.3 Å². The highest BCUT2D eigenvalue weighted by atomic mass is 32.2. The maximum absolute atomic E-state index is 12.5. The molecule has 2 aromatic heterocycles. The van der Waals surface area contributed by atoms with Crippen molar-refractivity contribution in [2.24, 2.45) is 0 Å². The van der Waals surface area contributed by atoms with Crippen LogP contribution in [0, 0.1) is 0 Å². The van der Waals surface area contributed by atoms with Crippen LogP contribution in [0.1, 0.15) is 25.6 Å². The van der Waals surface area contributed by atoms with Crippen LogP contribution in [0.2, 0.25) is 0 Å². The van der Waals surface area contributed by atoms with E-state index in [-0.39, 0.29) is 17.7 Å². The molecule has 0 radical (unpaired) electrons. The predicted molar refractivity (Wildman–Crippen MR) is 115 cm³/mol. The molecule has 0 aliphatic carbocycles. The molecule has 2 heterocycles. The Kier molecular flexibility index (Phi) is 5.67. The Morgan fingerprint density at radius 2 is 1.90 bits per heavy atom. The Morgan fingerprint density at radius 1 is 1.14 bits per heavy atom. The molecule has 4 rings (SSSR count). The summed E-state index contributed by atoms with van der Waals surface area (Å²) in [6.45, 7) is 4.70. The van der Waals surface area contributed by atoms with Crippen LogP contribution in [-0.2, 0) is 11.3 Å². The molecule has 148 valence electrons. The van der Waals surface area contributed by atoms with Crippen LogP contribution in [-0.4, -0.2) is 26.4 Å². The van der Waals surface area contributed by atoms with Gasteiger partial charge in [-0.25, -0.2) is 0 Å². The number of fused-ring (bicyclic) bond motifs is 1. The molecule has 1 amide bonds. The standard InChI is InChI=1S/C22H22N4O2S/c1-3-26-21(16-9-5-4-6-10-16)24-25-22(26)29-14-20(27)23-15(2)19-13-17-11-7-8-12-18(17)28-19/h4-13,15H,3,14H2,1-2H3,(H,23,27)/t15-/m1/s1. The normalized spacial score (nSPS) is 12.2. The van der Waals surface area contributed by atoms with E-state index in [1.165, 1.54) is 11.8 Å². The topological polar surface area (TPSA) is 73.0 Å². The Morgan fingerprint density at radius 3 is 2.66 bits per heavy atom. The van der Waals surface area contributed by atoms with Gasteiger partial charge >= 0.3 is 0 Å². The van der Waals surface area contributed by atoms with Crippen molar-refractivity contribution in [3.05, 3.63) is 66.4 Å². The summed E-state index contributed by atoms with van der Waals surface area (Å²) in [6.07, 6.45) is 0. The molecule has 0 fully saturated rings. The molecule has 2 aromatic carbocycles. The lowest BCUT2D eigenvalue weighted by molar-refractivity contribution is -0.119. The molecule has 0 aliphatic heterocycles. The van der Waals surface area contributed by atoms with Crippen molar-refractivity contribution < 1.29 is 9.21 Å². The van der Waals surface area contributed by atoms with E-state index >= 15 is 0 Å². The molecule has 6 nitrogen and oxygen atoms in total. The second-order valence-electron chi connectivity index (χ2n) is 6.68. The number of thioether (sulfide) groups is 1. The van der Waals surface area contributed by atoms with Gasteiger partial charge in [-0.15, -0.1) is 10.2 Å². The number of nitrogens with one attached hydrogen (secondary N) is 1. The van der Waals surface area contributed by atoms with Crippen molar-refractivity contribution in [2.75, 3.05) is 5.75 Å². The van der Waals surface area contributed by atoms with E-state index in [0.29, 0.717) is 0 Å². The SMILES string of the molecule is CCn1c(SCC(=O)N[C@H](C)c2cc3ccccc3o2)nnc1-c1ccccc1. The third-order valence-corrected chi connectivity index (χ3v) is 5.61. The maximum atomic E-state index is 12.5. The number of para-hydroxylation sites is 1. The molecule has 0 unspecified atom stereocenters. The van der Waals surface area contributed by atoms with E-state index in [9.17, 15) is 4.79 Å². The van der Waals surface area contributed by atoms with E-state index in [2.05, 4.69) is 15.5 Å². The minimum absolute atomic E-state index is 0.0742. The number of hydrogen-bond acceptors (Lipinski definition) is 5. The molecular weight excluding hydrogens is 384 g/mol. The largest absolute Gasteiger partial charge is 0.459 e. The fourth-order valence-corrected chi connectivity index (χ4v) is 3.99. The smallest absolute Gasteiger partial charge is 0.231 e. The number of nitrogens with zero attached hydrogens (tertiary/aromatic N) is 3. The average molecular weight is 407 g/mol. The highest BCUT2D eigenvalue weighted by molar-refractivity contribution is 7.99. The van der Waals surface area contributed by atoms with Crippen LogP contribution in [0.4, 0.5) is 0 Å². The van der Waals surface area contributed by atoms with Crippen LogP contribution in [0.3, 0.4) is 0 Å². The van der Waals surface area contributed by atoms with Crippen molar-refractivity contribution in [1.29, 1.82) is 0 Å². The summed E-state index contributed by atoms with van der Waals surface area (Å²) in [7, 11) is 0. The number of furan rings is 1. The lowest BCUT2D eigenvalue weighted by atomic mass is 10.2. The number of benzene rings is 2. The molecule has 0 saturated heterocycles. The quantitative estimate of drug-likeness (QED) is 0.451. The summed E-state index contributed by atoms with van der Waals surface area (Å²) in [6, 6.07) is 19.5. The van der Waals surface area contributed by atoms with Crippen molar-refractivity contribution in [3.8, 4) is 11.4 Å². The van der Waals surface area contributed by atoms with E-state index in [1.807, 2.05) is 79.1 Å². The van der Waals surface area contributed by atoms with Crippen molar-refractivity contribution in [2.45, 2.75) is 31.6 Å². The van der Waals surface area contributed by atoms with Crippen LogP contribution in [0.5, 0.6) is 0 Å². The van der Waals surface area contributed by atoms with Crippen molar-refractivity contribution in [1.82, 2.24) is 20.1 Å². The van der Waals surface area contributed by atoms with Gasteiger partial charge in [0.05, 0.1) is 11.8 Å². The van der Waals surface area contributed by atoms with E-state index in [1.54, 1.807) is 0 Å². The third-order valence-electron chi connectivity index (χ3n) is 4.65. The van der Waals surface area contributed by atoms with Crippen molar-refractivity contribution in [3.63, 3.8) is 0 Å². The molecule has 1 N–H and O–H groups in total. The molecule has 1 atom stereocenters. The molecule has 4 aromatic rings. The average Bonchev–Trinajstić information content (AvgIpc) is 3.36. The van der Waals surface area contributed by atoms with E-state index in [4.69, 9.17) is 4.42 Å². The summed E-state index contributed by atoms with van der Waals surface area (Å²) in [5.74, 6) is 1.74. The summed E-state index contributed by atoms with van der Waals surface area (Å²) in [5, 5.41) is 13.3. The first-order valence-corrected chi connectivity index (χ1v) is 10.5. The first-order valence-electron chi connectivity index (χ1n) is 9.55. The maximum Gasteiger partial charge on any atom is 0.231 e. The zero-order valence-electron chi connectivity index (χ0n) is 16.3. The summed E-state index contributed by atoms with van der Waals surface area (Å²) >= 11 is 1.38. The van der Waals surface area contributed by atoms with Gasteiger partial charge in [-0.05, 0) is 26.0 Å². The molecule has 7 heteroatoms. The fraction of sp³-hybridized carbons (Fsp3) is 0.227. The Hall–Kier alpha value is -3.06. The number of carbonyl (C=O) groups is 1. The number of aromatic nitrogens is 3. The molecule has 0 spiro atoms. The molecule has 0 aliphatic rings. The first-order chi connectivity index (χ1) is 14.2. The highest BCUT2D eigenvalue weighted by Crippen LogP contribution is 2.25. The van der Waals surface area contributed by atoms with Gasteiger partial charge in [0.1, 0.15) is 11.3 Å². The van der Waals surface area contributed by atoms with E-state index in [0.717, 1.165) is 39.8 Å². The highest BCUT2D eigenvalue weighted by Gasteiger charge is 2.17. The summed E-state index contributed by atoms with van der Waals surface area (Å²) in [4.78, 5) is 12.5. The zero-order chi connectivity index (χ0) is 20.2. The van der Waals surface area contributed by atoms with Gasteiger partial charge in [0, 0.05) is 17.5 Å². The minimum Gasteiger partial charge on any atom is -0.459 e. The van der Waals surface area contributed by atoms with Crippen molar-refractivity contribution >= 4 is 28.6 Å². The predicted octanol–water partition coefficient (Wildman–Crippen LogP) is 4.68. The van der Waals surface area contributed by atoms with Gasteiger partial charge in [-0.2, -0.15) is 0 Å². The number of rotatable bonds is 7. The van der Waals surface area contributed by atoms with Crippen LogP contribution < -0.4 is 5.32 Å². The molecular formula is C22H22N4O2S. The number of amides is 1. The Bertz CT molecular complexity index is 1090. The Labute approximate surface area is 173 Å². The monoisotopic (exact) mass is 406 g/mol. The summed E-state index contributed by atoms with van der Waals surface area (Å²) < 4.78 is 7.86. The van der Waals surface area contributed by atoms with Crippen LogP contribution in [0.25, 0.3) is 22.4 Å². The second kappa shape index (κ2) is 8.53. The molecule has 0 saturated carbocycles. The van der Waals surface area contributed by atoms with Crippen LogP contribution >= 0.6 is 11.8 Å². The number of carbonyl (C=O) groups excluding carboxylic acids is 1. The lowest BCUT2D eigenvalue weighted by Gasteiger charge is -2.11. The summed E-state index contributed by atoms with van der Waals surface area (Å²) in [5.41, 5.74) is 1.83. The Balaban J connectivity index is 1.40. The molecule has 29 heavy (non-hydrogen) atoms. The minimum atomic E-state index is -0.209. The van der Waals surface area contributed by atoms with Gasteiger partial charge in [0.15, 0.2) is 11.0 Å². The van der Waals surface area contributed by atoms with Gasteiger partial charge in [-0.3, -0.25) is 4.79 Å².